The van der Waals surface area contributed by atoms with Crippen LogP contribution in [0.5, 0.6) is 0 Å². The van der Waals surface area contributed by atoms with Crippen molar-refractivity contribution in [3.63, 3.8) is 0 Å². The zero-order chi connectivity index (χ0) is 19.8. The second-order valence-electron chi connectivity index (χ2n) is 6.81. The van der Waals surface area contributed by atoms with E-state index in [2.05, 4.69) is 0 Å². The van der Waals surface area contributed by atoms with Gasteiger partial charge in [-0.15, -0.1) is 0 Å². The van der Waals surface area contributed by atoms with E-state index in [9.17, 15) is 20.4 Å². The highest BCUT2D eigenvalue weighted by Crippen LogP contribution is 2.38. The van der Waals surface area contributed by atoms with E-state index in [0.29, 0.717) is 11.4 Å². The molecule has 6 nitrogen and oxygen atoms in total. The van der Waals surface area contributed by atoms with Gasteiger partial charge in [-0.1, -0.05) is 47.5 Å². The Kier molecular flexibility index (Phi) is 5.88. The molecule has 0 spiro atoms. The molecule has 146 valence electrons. The molecule has 0 radical (unpaired) electrons. The predicted octanol–water partition coefficient (Wildman–Crippen LogP) is 1.47. The lowest BCUT2D eigenvalue weighted by Gasteiger charge is -2.45. The highest BCUT2D eigenvalue weighted by atomic mass is 35.5. The fourth-order valence-electron chi connectivity index (χ4n) is 3.18. The van der Waals surface area contributed by atoms with Crippen LogP contribution in [-0.4, -0.2) is 52.1 Å². The fourth-order valence-corrected chi connectivity index (χ4v) is 3.37. The van der Waals surface area contributed by atoms with Crippen molar-refractivity contribution >= 4 is 11.6 Å². The van der Waals surface area contributed by atoms with E-state index in [1.54, 1.807) is 12.1 Å². The van der Waals surface area contributed by atoms with E-state index in [1.165, 1.54) is 13.2 Å². The Morgan fingerprint density at radius 1 is 1.07 bits per heavy atom. The first-order valence-electron chi connectivity index (χ1n) is 8.58. The van der Waals surface area contributed by atoms with Gasteiger partial charge in [-0.2, -0.15) is 0 Å². The van der Waals surface area contributed by atoms with Crippen LogP contribution in [0.3, 0.4) is 0 Å². The number of halogens is 1. The molecule has 0 saturated carbocycles. The molecule has 0 unspecified atom stereocenters. The smallest absolute Gasteiger partial charge is 0.224 e. The molecule has 2 aromatic rings. The van der Waals surface area contributed by atoms with E-state index in [4.69, 9.17) is 21.1 Å². The molecule has 0 bridgehead atoms. The maximum atomic E-state index is 11.0. The maximum Gasteiger partial charge on any atom is 0.224 e. The lowest BCUT2D eigenvalue weighted by molar-refractivity contribution is -0.395. The summed E-state index contributed by atoms with van der Waals surface area (Å²) in [7, 11) is 1.27. The lowest BCUT2D eigenvalue weighted by atomic mass is 9.89. The number of aliphatic hydroxyl groups excluding tert-OH is 3. The minimum atomic E-state index is -2.26. The van der Waals surface area contributed by atoms with Crippen LogP contribution in [-0.2, 0) is 21.7 Å². The Morgan fingerprint density at radius 2 is 1.74 bits per heavy atom. The lowest BCUT2D eigenvalue weighted by Crippen LogP contribution is -2.63. The van der Waals surface area contributed by atoms with Crippen LogP contribution in [0.25, 0.3) is 0 Å². The molecular formula is C20H23ClO6. The van der Waals surface area contributed by atoms with E-state index in [0.717, 1.165) is 16.7 Å². The van der Waals surface area contributed by atoms with E-state index < -0.39 is 30.4 Å². The van der Waals surface area contributed by atoms with Crippen LogP contribution in [0, 0.1) is 6.92 Å². The topological polar surface area (TPSA) is 99.4 Å². The average Bonchev–Trinajstić information content (AvgIpc) is 2.66. The van der Waals surface area contributed by atoms with Crippen LogP contribution in [0.1, 0.15) is 22.3 Å². The molecule has 0 aliphatic carbocycles. The largest absolute Gasteiger partial charge is 0.387 e. The number of methoxy groups -OCH3 is 1. The van der Waals surface area contributed by atoms with Gasteiger partial charge in [0.05, 0.1) is 0 Å². The summed E-state index contributed by atoms with van der Waals surface area (Å²) < 4.78 is 10.4. The van der Waals surface area contributed by atoms with Gasteiger partial charge >= 0.3 is 0 Å². The summed E-state index contributed by atoms with van der Waals surface area (Å²) in [5, 5.41) is 41.8. The summed E-state index contributed by atoms with van der Waals surface area (Å²) >= 11 is 6.31. The monoisotopic (exact) mass is 394 g/mol. The highest BCUT2D eigenvalue weighted by molar-refractivity contribution is 6.31. The maximum absolute atomic E-state index is 11.0. The van der Waals surface area contributed by atoms with E-state index in [1.807, 2.05) is 31.2 Å². The van der Waals surface area contributed by atoms with E-state index >= 15 is 0 Å². The molecule has 7 heteroatoms. The molecule has 1 aliphatic heterocycles. The molecule has 0 aromatic heterocycles. The first kappa shape index (κ1) is 20.2. The Morgan fingerprint density at radius 3 is 2.37 bits per heavy atom. The first-order valence-corrected chi connectivity index (χ1v) is 8.95. The molecule has 2 aromatic carbocycles. The van der Waals surface area contributed by atoms with E-state index in [-0.39, 0.29) is 5.56 Å². The molecular weight excluding hydrogens is 372 g/mol. The van der Waals surface area contributed by atoms with Gasteiger partial charge in [0.25, 0.3) is 0 Å². The van der Waals surface area contributed by atoms with Crippen molar-refractivity contribution in [3.8, 4) is 0 Å². The fraction of sp³-hybridized carbons (Fsp3) is 0.400. The number of benzene rings is 2. The summed E-state index contributed by atoms with van der Waals surface area (Å²) in [6.07, 6.45) is -5.70. The zero-order valence-electron chi connectivity index (χ0n) is 15.0. The molecule has 1 saturated heterocycles. The molecule has 3 rings (SSSR count). The number of ether oxygens (including phenoxy) is 2. The third-order valence-electron chi connectivity index (χ3n) is 4.86. The standard InChI is InChI=1S/C20H23ClO6/c1-11-3-5-12(6-4-11)9-13-10-14(7-8-15(13)21)20(25)18(24)16(22)17(23)19(26-2)27-20/h3-8,10,16-19,22-25H,9H2,1-2H3/t16-,17-,18+,19-,20-/m0/s1. The summed E-state index contributed by atoms with van der Waals surface area (Å²) in [5.74, 6) is -2.26. The van der Waals surface area contributed by atoms with Crippen molar-refractivity contribution in [2.24, 2.45) is 0 Å². The highest BCUT2D eigenvalue weighted by Gasteiger charge is 2.54. The molecule has 4 N–H and O–H groups in total. The minimum absolute atomic E-state index is 0.203. The van der Waals surface area contributed by atoms with Gasteiger partial charge in [0, 0.05) is 17.7 Å². The zero-order valence-corrected chi connectivity index (χ0v) is 15.8. The number of hydrogen-bond donors (Lipinski definition) is 4. The van der Waals surface area contributed by atoms with Crippen molar-refractivity contribution < 1.29 is 29.9 Å². The molecule has 1 fully saturated rings. The quantitative estimate of drug-likeness (QED) is 0.626. The molecule has 1 aliphatic rings. The summed E-state index contributed by atoms with van der Waals surface area (Å²) in [4.78, 5) is 0. The van der Waals surface area contributed by atoms with Crippen LogP contribution in [0.2, 0.25) is 5.02 Å². The SMILES string of the molecule is CO[C@H]1O[C@@](O)(c2ccc(Cl)c(Cc3ccc(C)cc3)c2)[C@H](O)[C@@H](O)[C@@H]1O. The van der Waals surface area contributed by atoms with Crippen LogP contribution in [0.15, 0.2) is 42.5 Å². The Labute approximate surface area is 162 Å². The summed E-state index contributed by atoms with van der Waals surface area (Å²) in [6, 6.07) is 12.7. The minimum Gasteiger partial charge on any atom is -0.387 e. The van der Waals surface area contributed by atoms with Crippen molar-refractivity contribution in [2.75, 3.05) is 7.11 Å². The van der Waals surface area contributed by atoms with Gasteiger partial charge in [-0.25, -0.2) is 0 Å². The van der Waals surface area contributed by atoms with Crippen LogP contribution >= 0.6 is 11.6 Å². The first-order chi connectivity index (χ1) is 12.8. The van der Waals surface area contributed by atoms with Crippen molar-refractivity contribution in [2.45, 2.75) is 43.7 Å². The Balaban J connectivity index is 1.95. The number of hydrogen-bond acceptors (Lipinski definition) is 6. The predicted molar refractivity (Wildman–Crippen MR) is 99.2 cm³/mol. The van der Waals surface area contributed by atoms with Crippen molar-refractivity contribution in [1.82, 2.24) is 0 Å². The second-order valence-corrected chi connectivity index (χ2v) is 7.22. The normalized spacial score (nSPS) is 31.1. The van der Waals surface area contributed by atoms with Gasteiger partial charge in [0.15, 0.2) is 6.29 Å². The van der Waals surface area contributed by atoms with Crippen molar-refractivity contribution in [3.05, 3.63) is 69.7 Å². The van der Waals surface area contributed by atoms with Gasteiger partial charge in [0.1, 0.15) is 18.3 Å². The van der Waals surface area contributed by atoms with Crippen LogP contribution < -0.4 is 0 Å². The van der Waals surface area contributed by atoms with Crippen molar-refractivity contribution in [1.29, 1.82) is 0 Å². The van der Waals surface area contributed by atoms with Gasteiger partial charge in [-0.05, 0) is 36.6 Å². The third kappa shape index (κ3) is 3.88. The summed E-state index contributed by atoms with van der Waals surface area (Å²) in [5.41, 5.74) is 3.10. The molecule has 1 heterocycles. The van der Waals surface area contributed by atoms with Crippen LogP contribution in [0.4, 0.5) is 0 Å². The molecule has 0 amide bonds. The van der Waals surface area contributed by atoms with Gasteiger partial charge in [-0.3, -0.25) is 0 Å². The van der Waals surface area contributed by atoms with Gasteiger partial charge in [0.2, 0.25) is 5.79 Å². The number of rotatable bonds is 4. The third-order valence-corrected chi connectivity index (χ3v) is 5.22. The van der Waals surface area contributed by atoms with Gasteiger partial charge < -0.3 is 29.9 Å². The number of aryl methyl sites for hydroxylation is 1. The second kappa shape index (κ2) is 7.85. The molecule has 27 heavy (non-hydrogen) atoms. The summed E-state index contributed by atoms with van der Waals surface area (Å²) in [6.45, 7) is 2.00. The average molecular weight is 395 g/mol. The Bertz CT molecular complexity index is 794. The molecule has 5 atom stereocenters. The Hall–Kier alpha value is -1.51. The number of aliphatic hydroxyl groups is 4.